The van der Waals surface area contributed by atoms with Crippen LogP contribution in [0.1, 0.15) is 9.67 Å². The van der Waals surface area contributed by atoms with Crippen molar-refractivity contribution in [3.63, 3.8) is 0 Å². The van der Waals surface area contributed by atoms with E-state index in [0.717, 1.165) is 23.7 Å². The molecule has 0 atom stereocenters. The fourth-order valence-corrected chi connectivity index (χ4v) is 3.63. The zero-order valence-electron chi connectivity index (χ0n) is 13.0. The van der Waals surface area contributed by atoms with Gasteiger partial charge in [-0.3, -0.25) is 4.79 Å². The van der Waals surface area contributed by atoms with Crippen molar-refractivity contribution in [2.75, 3.05) is 18.7 Å². The van der Waals surface area contributed by atoms with E-state index >= 15 is 0 Å². The minimum Gasteiger partial charge on any atom is -0.465 e. The molecule has 2 rings (SSSR count). The third-order valence-corrected chi connectivity index (χ3v) is 5.37. The number of carbonyl (C=O) groups excluding carboxylic acids is 2. The maximum atomic E-state index is 11.9. The van der Waals surface area contributed by atoms with E-state index in [1.54, 1.807) is 18.2 Å². The van der Waals surface area contributed by atoms with Crippen molar-refractivity contribution in [3.8, 4) is 10.4 Å². The molecule has 0 bridgehead atoms. The van der Waals surface area contributed by atoms with Crippen LogP contribution in [0, 0.1) is 0 Å². The monoisotopic (exact) mass is 365 g/mol. The largest absolute Gasteiger partial charge is 0.465 e. The average molecular weight is 365 g/mol. The fraction of sp³-hybridized carbons (Fsp3) is 0.125. The summed E-state index contributed by atoms with van der Waals surface area (Å²) in [5.41, 5.74) is 0.906. The average Bonchev–Trinajstić information content (AvgIpc) is 2.97. The first-order chi connectivity index (χ1) is 11.3. The van der Waals surface area contributed by atoms with E-state index in [-0.39, 0.29) is 15.5 Å². The number of ether oxygens (including phenoxy) is 1. The van der Waals surface area contributed by atoms with Crippen LogP contribution in [0.2, 0.25) is 0 Å². The number of hydrogen-bond donors (Lipinski definition) is 1. The van der Waals surface area contributed by atoms with E-state index in [4.69, 9.17) is 4.74 Å². The number of carbonyl (C=O) groups is 2. The van der Waals surface area contributed by atoms with Gasteiger partial charge in [-0.1, -0.05) is 18.7 Å². The SMILES string of the molecule is C=CC(=O)Nc1cc(-c2cccc(S(C)(=O)=O)c2)sc1C(=O)OC. The molecular weight excluding hydrogens is 350 g/mol. The van der Waals surface area contributed by atoms with E-state index < -0.39 is 21.7 Å². The second-order valence-corrected chi connectivity index (χ2v) is 7.91. The maximum absolute atomic E-state index is 11.9. The number of sulfone groups is 1. The summed E-state index contributed by atoms with van der Waals surface area (Å²) in [5, 5.41) is 2.54. The maximum Gasteiger partial charge on any atom is 0.350 e. The molecule has 0 spiro atoms. The van der Waals surface area contributed by atoms with Gasteiger partial charge in [0, 0.05) is 11.1 Å². The van der Waals surface area contributed by atoms with Crippen LogP contribution in [0.15, 0.2) is 47.9 Å². The molecule has 2 aromatic rings. The molecule has 126 valence electrons. The fourth-order valence-electron chi connectivity index (χ4n) is 1.93. The lowest BCUT2D eigenvalue weighted by Crippen LogP contribution is -2.10. The van der Waals surface area contributed by atoms with Gasteiger partial charge in [0.25, 0.3) is 0 Å². The Morgan fingerprint density at radius 3 is 2.58 bits per heavy atom. The van der Waals surface area contributed by atoms with Crippen molar-refractivity contribution in [1.29, 1.82) is 0 Å². The molecule has 1 aromatic carbocycles. The van der Waals surface area contributed by atoms with E-state index in [0.29, 0.717) is 10.4 Å². The van der Waals surface area contributed by atoms with Crippen LogP contribution >= 0.6 is 11.3 Å². The zero-order chi connectivity index (χ0) is 17.9. The first kappa shape index (κ1) is 17.9. The number of rotatable bonds is 5. The smallest absolute Gasteiger partial charge is 0.350 e. The first-order valence-corrected chi connectivity index (χ1v) is 9.43. The summed E-state index contributed by atoms with van der Waals surface area (Å²) < 4.78 is 28.1. The highest BCUT2D eigenvalue weighted by Crippen LogP contribution is 2.36. The van der Waals surface area contributed by atoms with Crippen molar-refractivity contribution in [1.82, 2.24) is 0 Å². The molecule has 1 heterocycles. The number of esters is 1. The van der Waals surface area contributed by atoms with Crippen LogP contribution in [0.3, 0.4) is 0 Å². The van der Waals surface area contributed by atoms with Crippen LogP contribution in [0.5, 0.6) is 0 Å². The van der Waals surface area contributed by atoms with Gasteiger partial charge in [0.05, 0.1) is 17.7 Å². The Bertz CT molecular complexity index is 912. The van der Waals surface area contributed by atoms with Gasteiger partial charge in [-0.2, -0.15) is 0 Å². The van der Waals surface area contributed by atoms with Gasteiger partial charge in [-0.15, -0.1) is 11.3 Å². The third-order valence-electron chi connectivity index (χ3n) is 3.09. The van der Waals surface area contributed by atoms with Crippen LogP contribution in [0.4, 0.5) is 5.69 Å². The molecule has 0 saturated carbocycles. The summed E-state index contributed by atoms with van der Waals surface area (Å²) in [7, 11) is -2.11. The van der Waals surface area contributed by atoms with Crippen molar-refractivity contribution in [3.05, 3.63) is 47.9 Å². The number of benzene rings is 1. The molecule has 0 aliphatic heterocycles. The summed E-state index contributed by atoms with van der Waals surface area (Å²) in [5.74, 6) is -1.06. The lowest BCUT2D eigenvalue weighted by atomic mass is 10.2. The molecule has 1 N–H and O–H groups in total. The number of hydrogen-bond acceptors (Lipinski definition) is 6. The lowest BCUT2D eigenvalue weighted by Gasteiger charge is -2.01. The highest BCUT2D eigenvalue weighted by molar-refractivity contribution is 7.90. The van der Waals surface area contributed by atoms with E-state index in [9.17, 15) is 18.0 Å². The predicted octanol–water partition coefficient (Wildman–Crippen LogP) is 2.73. The number of methoxy groups -OCH3 is 1. The van der Waals surface area contributed by atoms with Gasteiger partial charge < -0.3 is 10.1 Å². The topological polar surface area (TPSA) is 89.5 Å². The highest BCUT2D eigenvalue weighted by Gasteiger charge is 2.19. The van der Waals surface area contributed by atoms with E-state index in [1.807, 2.05) is 0 Å². The standard InChI is InChI=1S/C16H15NO5S2/c1-4-14(18)17-12-9-13(23-15(12)16(19)22-2)10-6-5-7-11(8-10)24(3,20)21/h4-9H,1H2,2-3H3,(H,17,18). The van der Waals surface area contributed by atoms with Crippen LogP contribution < -0.4 is 5.32 Å². The quantitative estimate of drug-likeness (QED) is 0.650. The predicted molar refractivity (Wildman–Crippen MR) is 93.0 cm³/mol. The van der Waals surface area contributed by atoms with E-state index in [1.165, 1.54) is 19.2 Å². The Morgan fingerprint density at radius 2 is 2.00 bits per heavy atom. The molecule has 0 aliphatic carbocycles. The van der Waals surface area contributed by atoms with Crippen molar-refractivity contribution < 1.29 is 22.7 Å². The van der Waals surface area contributed by atoms with Gasteiger partial charge in [-0.25, -0.2) is 13.2 Å². The Kier molecular flexibility index (Phi) is 5.20. The Labute approximate surface area is 143 Å². The third kappa shape index (κ3) is 3.90. The highest BCUT2D eigenvalue weighted by atomic mass is 32.2. The molecule has 0 saturated heterocycles. The first-order valence-electron chi connectivity index (χ1n) is 6.72. The molecule has 0 aliphatic rings. The Balaban J connectivity index is 2.53. The second kappa shape index (κ2) is 6.98. The molecule has 24 heavy (non-hydrogen) atoms. The summed E-state index contributed by atoms with van der Waals surface area (Å²) in [6, 6.07) is 7.95. The van der Waals surface area contributed by atoms with Crippen LogP contribution in [-0.4, -0.2) is 33.7 Å². The molecule has 0 radical (unpaired) electrons. The van der Waals surface area contributed by atoms with Crippen molar-refractivity contribution in [2.24, 2.45) is 0 Å². The van der Waals surface area contributed by atoms with Crippen molar-refractivity contribution >= 4 is 38.7 Å². The van der Waals surface area contributed by atoms with Gasteiger partial charge in [0.1, 0.15) is 4.88 Å². The molecule has 6 nitrogen and oxygen atoms in total. The number of thiophene rings is 1. The Morgan fingerprint density at radius 1 is 1.29 bits per heavy atom. The zero-order valence-corrected chi connectivity index (χ0v) is 14.7. The Hall–Kier alpha value is -2.45. The van der Waals surface area contributed by atoms with Crippen LogP contribution in [-0.2, 0) is 19.4 Å². The van der Waals surface area contributed by atoms with Gasteiger partial charge in [-0.05, 0) is 29.8 Å². The van der Waals surface area contributed by atoms with Gasteiger partial charge >= 0.3 is 5.97 Å². The summed E-state index contributed by atoms with van der Waals surface area (Å²) in [6.45, 7) is 3.36. The minimum atomic E-state index is -3.35. The van der Waals surface area contributed by atoms with Gasteiger partial charge in [0.2, 0.25) is 5.91 Å². The molecule has 1 aromatic heterocycles. The van der Waals surface area contributed by atoms with E-state index in [2.05, 4.69) is 11.9 Å². The van der Waals surface area contributed by atoms with Gasteiger partial charge in [0.15, 0.2) is 9.84 Å². The molecule has 8 heteroatoms. The normalized spacial score (nSPS) is 10.9. The molecule has 0 fully saturated rings. The number of nitrogens with one attached hydrogen (secondary N) is 1. The van der Waals surface area contributed by atoms with Crippen molar-refractivity contribution in [2.45, 2.75) is 4.90 Å². The number of amides is 1. The molecule has 1 amide bonds. The minimum absolute atomic E-state index is 0.171. The van der Waals surface area contributed by atoms with Crippen LogP contribution in [0.25, 0.3) is 10.4 Å². The molecule has 0 unspecified atom stereocenters. The lowest BCUT2D eigenvalue weighted by molar-refractivity contribution is -0.111. The second-order valence-electron chi connectivity index (χ2n) is 4.84. The summed E-state index contributed by atoms with van der Waals surface area (Å²) in [6.07, 6.45) is 2.21. The number of anilines is 1. The summed E-state index contributed by atoms with van der Waals surface area (Å²) in [4.78, 5) is 24.4. The molecular formula is C16H15NO5S2. The summed E-state index contributed by atoms with van der Waals surface area (Å²) >= 11 is 1.10.